The number of nitrogens with one attached hydrogen (secondary N) is 1. The van der Waals surface area contributed by atoms with Crippen LogP contribution in [0.5, 0.6) is 0 Å². The predicted octanol–water partition coefficient (Wildman–Crippen LogP) is 3.79. The van der Waals surface area contributed by atoms with Gasteiger partial charge in [-0.15, -0.1) is 0 Å². The van der Waals surface area contributed by atoms with Crippen molar-refractivity contribution in [2.24, 2.45) is 5.92 Å². The quantitative estimate of drug-likeness (QED) is 0.916. The molecule has 0 saturated carbocycles. The molecule has 1 aliphatic heterocycles. The maximum Gasteiger partial charge on any atom is 0.409 e. The Balaban J connectivity index is 2.06. The SMILES string of the molecule is CCOC(=O)N1CCCC(C(=O)Nc2ccccc2C(C)(C)C)C1. The molecule has 1 saturated heterocycles. The van der Waals surface area contributed by atoms with Crippen molar-refractivity contribution >= 4 is 17.7 Å². The van der Waals surface area contributed by atoms with E-state index in [2.05, 4.69) is 26.1 Å². The molecule has 2 rings (SSSR count). The average Bonchev–Trinajstić information content (AvgIpc) is 2.54. The summed E-state index contributed by atoms with van der Waals surface area (Å²) in [6, 6.07) is 7.89. The molecule has 0 spiro atoms. The van der Waals surface area contributed by atoms with Crippen LogP contribution in [0.15, 0.2) is 24.3 Å². The highest BCUT2D eigenvalue weighted by Crippen LogP contribution is 2.30. The summed E-state index contributed by atoms with van der Waals surface area (Å²) in [6.45, 7) is 9.59. The molecule has 1 atom stereocenters. The summed E-state index contributed by atoms with van der Waals surface area (Å²) in [5, 5.41) is 3.06. The van der Waals surface area contributed by atoms with Crippen molar-refractivity contribution in [3.05, 3.63) is 29.8 Å². The number of nitrogens with zero attached hydrogens (tertiary/aromatic N) is 1. The van der Waals surface area contributed by atoms with Crippen molar-refractivity contribution in [1.82, 2.24) is 4.90 Å². The van der Waals surface area contributed by atoms with Gasteiger partial charge in [-0.25, -0.2) is 4.79 Å². The molecule has 24 heavy (non-hydrogen) atoms. The molecule has 0 bridgehead atoms. The van der Waals surface area contributed by atoms with E-state index < -0.39 is 0 Å². The van der Waals surface area contributed by atoms with Crippen LogP contribution in [0, 0.1) is 5.92 Å². The number of anilines is 1. The van der Waals surface area contributed by atoms with Crippen LogP contribution >= 0.6 is 0 Å². The third kappa shape index (κ3) is 4.49. The monoisotopic (exact) mass is 332 g/mol. The molecule has 0 aliphatic carbocycles. The molecule has 5 nitrogen and oxygen atoms in total. The molecule has 132 valence electrons. The molecule has 1 fully saturated rings. The van der Waals surface area contributed by atoms with Gasteiger partial charge in [0, 0.05) is 18.8 Å². The lowest BCUT2D eigenvalue weighted by atomic mass is 9.85. The minimum atomic E-state index is -0.329. The summed E-state index contributed by atoms with van der Waals surface area (Å²) in [7, 11) is 0. The highest BCUT2D eigenvalue weighted by atomic mass is 16.6. The van der Waals surface area contributed by atoms with E-state index in [0.717, 1.165) is 24.1 Å². The molecule has 1 aromatic carbocycles. The molecular formula is C19H28N2O3. The van der Waals surface area contributed by atoms with E-state index in [9.17, 15) is 9.59 Å². The smallest absolute Gasteiger partial charge is 0.409 e. The van der Waals surface area contributed by atoms with Crippen LogP contribution in [0.25, 0.3) is 0 Å². The number of ether oxygens (including phenoxy) is 1. The Labute approximate surface area is 144 Å². The molecule has 2 amide bonds. The van der Waals surface area contributed by atoms with Crippen LogP contribution in [0.1, 0.15) is 46.1 Å². The summed E-state index contributed by atoms with van der Waals surface area (Å²) >= 11 is 0. The number of hydrogen-bond donors (Lipinski definition) is 1. The van der Waals surface area contributed by atoms with Crippen molar-refractivity contribution in [2.45, 2.75) is 46.0 Å². The second kappa shape index (κ2) is 7.69. The van der Waals surface area contributed by atoms with Crippen molar-refractivity contribution in [1.29, 1.82) is 0 Å². The first kappa shape index (κ1) is 18.3. The lowest BCUT2D eigenvalue weighted by Gasteiger charge is -2.31. The zero-order chi connectivity index (χ0) is 17.7. The van der Waals surface area contributed by atoms with E-state index in [0.29, 0.717) is 19.7 Å². The van der Waals surface area contributed by atoms with Crippen LogP contribution in [0.3, 0.4) is 0 Å². The number of amides is 2. The van der Waals surface area contributed by atoms with E-state index in [1.807, 2.05) is 24.3 Å². The van der Waals surface area contributed by atoms with Crippen LogP contribution < -0.4 is 5.32 Å². The number of carbonyl (C=O) groups is 2. The second-order valence-electron chi connectivity index (χ2n) is 7.27. The van der Waals surface area contributed by atoms with Gasteiger partial charge in [0.1, 0.15) is 0 Å². The third-order valence-corrected chi connectivity index (χ3v) is 4.31. The highest BCUT2D eigenvalue weighted by molar-refractivity contribution is 5.94. The highest BCUT2D eigenvalue weighted by Gasteiger charge is 2.30. The Bertz CT molecular complexity index is 593. The van der Waals surface area contributed by atoms with Crippen LogP contribution in [0.2, 0.25) is 0 Å². The van der Waals surface area contributed by atoms with Gasteiger partial charge < -0.3 is 15.0 Å². The Morgan fingerprint density at radius 3 is 2.67 bits per heavy atom. The first-order chi connectivity index (χ1) is 11.3. The normalized spacial score (nSPS) is 18.2. The molecule has 1 aliphatic rings. The van der Waals surface area contributed by atoms with Crippen molar-refractivity contribution < 1.29 is 14.3 Å². The first-order valence-corrected chi connectivity index (χ1v) is 8.65. The third-order valence-electron chi connectivity index (χ3n) is 4.31. The number of likely N-dealkylation sites (tertiary alicyclic amines) is 1. The maximum absolute atomic E-state index is 12.7. The van der Waals surface area contributed by atoms with Gasteiger partial charge in [-0.1, -0.05) is 39.0 Å². The lowest BCUT2D eigenvalue weighted by Crippen LogP contribution is -2.44. The summed E-state index contributed by atoms with van der Waals surface area (Å²) in [4.78, 5) is 26.2. The number of hydrogen-bond acceptors (Lipinski definition) is 3. The van der Waals surface area contributed by atoms with Crippen LogP contribution in [-0.2, 0) is 14.9 Å². The zero-order valence-electron chi connectivity index (χ0n) is 15.1. The summed E-state index contributed by atoms with van der Waals surface area (Å²) in [5.41, 5.74) is 1.91. The van der Waals surface area contributed by atoms with Gasteiger partial charge in [0.25, 0.3) is 0 Å². The molecule has 1 heterocycles. The van der Waals surface area contributed by atoms with Gasteiger partial charge in [0.2, 0.25) is 5.91 Å². The largest absolute Gasteiger partial charge is 0.450 e. The zero-order valence-corrected chi connectivity index (χ0v) is 15.1. The number of piperidine rings is 1. The maximum atomic E-state index is 12.7. The summed E-state index contributed by atoms with van der Waals surface area (Å²) < 4.78 is 5.05. The Morgan fingerprint density at radius 2 is 2.00 bits per heavy atom. The molecule has 0 aromatic heterocycles. The van der Waals surface area contributed by atoms with Crippen LogP contribution in [-0.4, -0.2) is 36.6 Å². The number of carbonyl (C=O) groups excluding carboxylic acids is 2. The molecule has 1 N–H and O–H groups in total. The second-order valence-corrected chi connectivity index (χ2v) is 7.27. The van der Waals surface area contributed by atoms with E-state index in [1.54, 1.807) is 11.8 Å². The lowest BCUT2D eigenvalue weighted by molar-refractivity contribution is -0.121. The molecule has 0 radical (unpaired) electrons. The van der Waals surface area contributed by atoms with Crippen LogP contribution in [0.4, 0.5) is 10.5 Å². The fourth-order valence-corrected chi connectivity index (χ4v) is 3.05. The Kier molecular flexibility index (Phi) is 5.86. The summed E-state index contributed by atoms with van der Waals surface area (Å²) in [6.07, 6.45) is 1.28. The van der Waals surface area contributed by atoms with E-state index in [-0.39, 0.29) is 23.3 Å². The fraction of sp³-hybridized carbons (Fsp3) is 0.579. The standard InChI is InChI=1S/C19H28N2O3/c1-5-24-18(23)21-12-8-9-14(13-21)17(22)20-16-11-7-6-10-15(16)19(2,3)4/h6-7,10-11,14H,5,8-9,12-13H2,1-4H3,(H,20,22). The Hall–Kier alpha value is -2.04. The van der Waals surface area contributed by atoms with Gasteiger partial charge in [-0.3, -0.25) is 4.79 Å². The van der Waals surface area contributed by atoms with E-state index in [1.165, 1.54) is 0 Å². The van der Waals surface area contributed by atoms with Crippen molar-refractivity contribution in [3.63, 3.8) is 0 Å². The minimum Gasteiger partial charge on any atom is -0.450 e. The molecular weight excluding hydrogens is 304 g/mol. The van der Waals surface area contributed by atoms with Gasteiger partial charge >= 0.3 is 6.09 Å². The van der Waals surface area contributed by atoms with Gasteiger partial charge in [0.05, 0.1) is 12.5 Å². The van der Waals surface area contributed by atoms with Gasteiger partial charge in [-0.2, -0.15) is 0 Å². The number of para-hydroxylation sites is 1. The van der Waals surface area contributed by atoms with Gasteiger partial charge in [-0.05, 0) is 36.8 Å². The topological polar surface area (TPSA) is 58.6 Å². The van der Waals surface area contributed by atoms with E-state index in [4.69, 9.17) is 4.74 Å². The van der Waals surface area contributed by atoms with Crippen molar-refractivity contribution in [3.8, 4) is 0 Å². The van der Waals surface area contributed by atoms with Crippen molar-refractivity contribution in [2.75, 3.05) is 25.0 Å². The first-order valence-electron chi connectivity index (χ1n) is 8.65. The Morgan fingerprint density at radius 1 is 1.29 bits per heavy atom. The minimum absolute atomic E-state index is 0.0271. The number of rotatable bonds is 3. The average molecular weight is 332 g/mol. The van der Waals surface area contributed by atoms with Gasteiger partial charge in [0.15, 0.2) is 0 Å². The summed E-state index contributed by atoms with van der Waals surface area (Å²) in [5.74, 6) is -0.225. The molecule has 1 unspecified atom stereocenters. The molecule has 1 aromatic rings. The van der Waals surface area contributed by atoms with E-state index >= 15 is 0 Å². The molecule has 5 heteroatoms. The predicted molar refractivity (Wildman–Crippen MR) is 95.1 cm³/mol. The number of benzene rings is 1. The fourth-order valence-electron chi connectivity index (χ4n) is 3.05.